The molecule has 0 fully saturated rings. The molecule has 2 rings (SSSR count). The van der Waals surface area contributed by atoms with E-state index in [-0.39, 0.29) is 31.5 Å². The highest BCUT2D eigenvalue weighted by atomic mass is 16.6. The van der Waals surface area contributed by atoms with Gasteiger partial charge in [-0.3, -0.25) is 9.59 Å². The molecule has 0 aliphatic heterocycles. The van der Waals surface area contributed by atoms with Crippen LogP contribution in [0.15, 0.2) is 54.6 Å². The normalized spacial score (nSPS) is 13.0. The van der Waals surface area contributed by atoms with E-state index < -0.39 is 29.7 Å². The van der Waals surface area contributed by atoms with Gasteiger partial charge in [0.15, 0.2) is 0 Å². The van der Waals surface area contributed by atoms with Crippen LogP contribution < -0.4 is 10.6 Å². The smallest absolute Gasteiger partial charge is 0.408 e. The Bertz CT molecular complexity index is 1020. The Kier molecular flexibility index (Phi) is 10.5. The van der Waals surface area contributed by atoms with E-state index in [4.69, 9.17) is 4.74 Å². The summed E-state index contributed by atoms with van der Waals surface area (Å²) in [6.45, 7) is 10.4. The predicted octanol–water partition coefficient (Wildman–Crippen LogP) is 3.52. The van der Waals surface area contributed by atoms with Crippen LogP contribution in [0.1, 0.15) is 57.4 Å². The molecule has 0 aromatic heterocycles. The number of aliphatic hydroxyl groups excluding tert-OH is 1. The van der Waals surface area contributed by atoms with Crippen LogP contribution in [-0.2, 0) is 20.7 Å². The van der Waals surface area contributed by atoms with Crippen molar-refractivity contribution in [2.45, 2.75) is 71.7 Å². The minimum Gasteiger partial charge on any atom is -0.444 e. The highest BCUT2D eigenvalue weighted by Gasteiger charge is 2.36. The summed E-state index contributed by atoms with van der Waals surface area (Å²) in [7, 11) is 0. The summed E-state index contributed by atoms with van der Waals surface area (Å²) < 4.78 is 5.41. The van der Waals surface area contributed by atoms with Crippen molar-refractivity contribution in [1.29, 1.82) is 0 Å². The lowest BCUT2D eigenvalue weighted by Gasteiger charge is -2.34. The van der Waals surface area contributed by atoms with Gasteiger partial charge in [0.05, 0.1) is 6.61 Å². The summed E-state index contributed by atoms with van der Waals surface area (Å²) in [5, 5.41) is 15.4. The first-order chi connectivity index (χ1) is 16.9. The zero-order chi connectivity index (χ0) is 26.9. The van der Waals surface area contributed by atoms with Gasteiger partial charge in [-0.25, -0.2) is 4.79 Å². The second-order valence-corrected chi connectivity index (χ2v) is 10.1. The molecule has 0 saturated carbocycles. The van der Waals surface area contributed by atoms with Crippen LogP contribution in [0.25, 0.3) is 0 Å². The number of nitrogens with one attached hydrogen (secondary N) is 2. The van der Waals surface area contributed by atoms with E-state index >= 15 is 0 Å². The molecule has 2 aromatic rings. The molecular weight excluding hydrogens is 458 g/mol. The van der Waals surface area contributed by atoms with Crippen LogP contribution in [0.4, 0.5) is 4.79 Å². The van der Waals surface area contributed by atoms with E-state index in [0.29, 0.717) is 5.56 Å². The van der Waals surface area contributed by atoms with Crippen molar-refractivity contribution in [3.8, 4) is 0 Å². The third kappa shape index (κ3) is 9.00. The molecular formula is C28H39N3O5. The summed E-state index contributed by atoms with van der Waals surface area (Å²) in [5.41, 5.74) is 1.62. The fourth-order valence-electron chi connectivity index (χ4n) is 3.85. The molecule has 196 valence electrons. The van der Waals surface area contributed by atoms with Gasteiger partial charge in [0.25, 0.3) is 0 Å². The van der Waals surface area contributed by atoms with Crippen molar-refractivity contribution in [2.75, 3.05) is 13.2 Å². The third-order valence-electron chi connectivity index (χ3n) is 5.24. The van der Waals surface area contributed by atoms with E-state index in [9.17, 15) is 19.5 Å². The number of carbonyl (C=O) groups is 3. The van der Waals surface area contributed by atoms with Gasteiger partial charge in [-0.1, -0.05) is 60.2 Å². The molecule has 8 nitrogen and oxygen atoms in total. The third-order valence-corrected chi connectivity index (χ3v) is 5.24. The number of carbonyl (C=O) groups excluding carboxylic acids is 3. The Labute approximate surface area is 214 Å². The summed E-state index contributed by atoms with van der Waals surface area (Å²) in [6, 6.07) is 14.5. The average Bonchev–Trinajstić information content (AvgIpc) is 2.77. The molecule has 0 aliphatic rings. The molecule has 2 aromatic carbocycles. The minimum absolute atomic E-state index is 0.0930. The van der Waals surface area contributed by atoms with Gasteiger partial charge in [0.1, 0.15) is 17.7 Å². The van der Waals surface area contributed by atoms with Crippen LogP contribution in [0.3, 0.4) is 0 Å². The van der Waals surface area contributed by atoms with Crippen LogP contribution in [-0.4, -0.2) is 58.8 Å². The maximum atomic E-state index is 14.0. The van der Waals surface area contributed by atoms with Gasteiger partial charge >= 0.3 is 6.09 Å². The Hall–Kier alpha value is -3.39. The van der Waals surface area contributed by atoms with Gasteiger partial charge in [0, 0.05) is 19.0 Å². The lowest BCUT2D eigenvalue weighted by Crippen LogP contribution is -2.54. The Morgan fingerprint density at radius 2 is 1.67 bits per heavy atom. The number of benzene rings is 2. The molecule has 0 aliphatic carbocycles. The first-order valence-electron chi connectivity index (χ1n) is 12.2. The van der Waals surface area contributed by atoms with Gasteiger partial charge < -0.3 is 25.4 Å². The number of hydrogen-bond donors (Lipinski definition) is 3. The number of aliphatic hydroxyl groups is 1. The molecule has 3 amide bonds. The van der Waals surface area contributed by atoms with E-state index in [2.05, 4.69) is 10.6 Å². The first kappa shape index (κ1) is 28.8. The molecule has 2 unspecified atom stereocenters. The second kappa shape index (κ2) is 13.1. The minimum atomic E-state index is -1.02. The van der Waals surface area contributed by atoms with Crippen molar-refractivity contribution in [3.63, 3.8) is 0 Å². The quantitative estimate of drug-likeness (QED) is 0.466. The monoisotopic (exact) mass is 497 g/mol. The molecule has 8 heteroatoms. The zero-order valence-electron chi connectivity index (χ0n) is 22.1. The van der Waals surface area contributed by atoms with Crippen molar-refractivity contribution in [1.82, 2.24) is 15.5 Å². The number of rotatable bonds is 10. The van der Waals surface area contributed by atoms with Crippen molar-refractivity contribution in [3.05, 3.63) is 71.3 Å². The fraction of sp³-hybridized carbons (Fsp3) is 0.464. The van der Waals surface area contributed by atoms with E-state index in [1.165, 1.54) is 4.90 Å². The van der Waals surface area contributed by atoms with Crippen LogP contribution in [0.5, 0.6) is 0 Å². The van der Waals surface area contributed by atoms with Crippen LogP contribution in [0.2, 0.25) is 0 Å². The van der Waals surface area contributed by atoms with Crippen molar-refractivity contribution in [2.24, 2.45) is 0 Å². The predicted molar refractivity (Wildman–Crippen MR) is 139 cm³/mol. The Balaban J connectivity index is 2.50. The topological polar surface area (TPSA) is 108 Å². The van der Waals surface area contributed by atoms with E-state index in [1.54, 1.807) is 26.8 Å². The van der Waals surface area contributed by atoms with Crippen molar-refractivity contribution < 1.29 is 24.2 Å². The van der Waals surface area contributed by atoms with Gasteiger partial charge in [-0.2, -0.15) is 0 Å². The van der Waals surface area contributed by atoms with E-state index in [0.717, 1.165) is 11.1 Å². The molecule has 0 saturated heterocycles. The zero-order valence-corrected chi connectivity index (χ0v) is 22.1. The standard InChI is InChI=1S/C28H39N3O5/c1-19(2)29-25(33)24(22-14-10-11-20(3)17-22)31(15-16-32)26(34)23(18-21-12-8-7-9-13-21)30-27(35)36-28(4,5)6/h7-14,17,19,23-24,32H,15-16,18H2,1-6H3,(H,29,33)(H,30,35). The summed E-state index contributed by atoms with van der Waals surface area (Å²) >= 11 is 0. The number of hydrogen-bond acceptors (Lipinski definition) is 5. The fourth-order valence-corrected chi connectivity index (χ4v) is 3.85. The highest BCUT2D eigenvalue weighted by molar-refractivity contribution is 5.92. The number of amides is 3. The molecule has 0 heterocycles. The Morgan fingerprint density at radius 3 is 2.22 bits per heavy atom. The Morgan fingerprint density at radius 1 is 1.00 bits per heavy atom. The van der Waals surface area contributed by atoms with Crippen molar-refractivity contribution >= 4 is 17.9 Å². The molecule has 36 heavy (non-hydrogen) atoms. The lowest BCUT2D eigenvalue weighted by molar-refractivity contribution is -0.143. The lowest BCUT2D eigenvalue weighted by atomic mass is 9.99. The first-order valence-corrected chi connectivity index (χ1v) is 12.2. The van der Waals surface area contributed by atoms with E-state index in [1.807, 2.05) is 69.3 Å². The number of ether oxygens (including phenoxy) is 1. The number of aryl methyl sites for hydroxylation is 1. The average molecular weight is 498 g/mol. The maximum absolute atomic E-state index is 14.0. The SMILES string of the molecule is Cc1cccc(C(C(=O)NC(C)C)N(CCO)C(=O)C(Cc2ccccc2)NC(=O)OC(C)(C)C)c1. The summed E-state index contributed by atoms with van der Waals surface area (Å²) in [5.74, 6) is -0.864. The molecule has 0 bridgehead atoms. The summed E-state index contributed by atoms with van der Waals surface area (Å²) in [4.78, 5) is 41.4. The highest BCUT2D eigenvalue weighted by Crippen LogP contribution is 2.24. The van der Waals surface area contributed by atoms with Gasteiger partial charge in [-0.05, 0) is 52.7 Å². The van der Waals surface area contributed by atoms with Crippen LogP contribution >= 0.6 is 0 Å². The van der Waals surface area contributed by atoms with Gasteiger partial charge in [0.2, 0.25) is 11.8 Å². The molecule has 2 atom stereocenters. The summed E-state index contributed by atoms with van der Waals surface area (Å²) in [6.07, 6.45) is -0.549. The van der Waals surface area contributed by atoms with Crippen LogP contribution in [0, 0.1) is 6.92 Å². The molecule has 3 N–H and O–H groups in total. The molecule has 0 radical (unpaired) electrons. The number of nitrogens with zero attached hydrogens (tertiary/aromatic N) is 1. The van der Waals surface area contributed by atoms with Gasteiger partial charge in [-0.15, -0.1) is 0 Å². The number of alkyl carbamates (subject to hydrolysis) is 1. The largest absolute Gasteiger partial charge is 0.444 e. The molecule has 0 spiro atoms. The second-order valence-electron chi connectivity index (χ2n) is 10.1. The maximum Gasteiger partial charge on any atom is 0.408 e.